The minimum Gasteiger partial charge on any atom is -0.508 e. The molecule has 0 amide bonds. The van der Waals surface area contributed by atoms with Crippen LogP contribution in [0.2, 0.25) is 0 Å². The number of hydrogen-bond donors (Lipinski definition) is 3. The van der Waals surface area contributed by atoms with E-state index in [0.717, 1.165) is 13.0 Å². The molecule has 130 valence electrons. The number of aliphatic carboxylic acids is 2. The van der Waals surface area contributed by atoms with E-state index in [4.69, 9.17) is 10.2 Å². The van der Waals surface area contributed by atoms with E-state index >= 15 is 0 Å². The lowest BCUT2D eigenvalue weighted by molar-refractivity contribution is -0.134. The van der Waals surface area contributed by atoms with Crippen molar-refractivity contribution in [2.45, 2.75) is 24.9 Å². The normalized spacial score (nSPS) is 25.1. The number of benzene rings is 1. The van der Waals surface area contributed by atoms with Crippen molar-refractivity contribution in [2.75, 3.05) is 25.5 Å². The SMILES string of the molecule is CN1CC[C@@]2(C)c3cc(O)ccc3N(C)[C@@H]12.O=C(O)/C=C/C(=O)O. The lowest BCUT2D eigenvalue weighted by atomic mass is 9.81. The highest BCUT2D eigenvalue weighted by Gasteiger charge is 2.52. The molecule has 0 aromatic heterocycles. The van der Waals surface area contributed by atoms with Crippen LogP contribution < -0.4 is 4.90 Å². The van der Waals surface area contributed by atoms with Crippen LogP contribution in [0.4, 0.5) is 5.69 Å². The molecule has 24 heavy (non-hydrogen) atoms. The highest BCUT2D eigenvalue weighted by molar-refractivity contribution is 5.89. The molecule has 0 unspecified atom stereocenters. The van der Waals surface area contributed by atoms with Gasteiger partial charge in [0, 0.05) is 36.8 Å². The summed E-state index contributed by atoms with van der Waals surface area (Å²) in [6.07, 6.45) is 2.71. The van der Waals surface area contributed by atoms with E-state index < -0.39 is 11.9 Å². The van der Waals surface area contributed by atoms with Crippen LogP contribution >= 0.6 is 0 Å². The Balaban J connectivity index is 0.000000224. The number of hydrogen-bond acceptors (Lipinski definition) is 5. The minimum atomic E-state index is -1.26. The third-order valence-corrected chi connectivity index (χ3v) is 4.68. The van der Waals surface area contributed by atoms with E-state index in [9.17, 15) is 14.7 Å². The van der Waals surface area contributed by atoms with E-state index in [1.54, 1.807) is 6.07 Å². The van der Waals surface area contributed by atoms with Gasteiger partial charge >= 0.3 is 11.9 Å². The first-order chi connectivity index (χ1) is 11.2. The molecule has 3 rings (SSSR count). The van der Waals surface area contributed by atoms with E-state index in [2.05, 4.69) is 30.8 Å². The van der Waals surface area contributed by atoms with Crippen LogP contribution in [0.3, 0.4) is 0 Å². The Kier molecular flexibility index (Phi) is 4.84. The van der Waals surface area contributed by atoms with Crippen LogP contribution in [0.25, 0.3) is 0 Å². The predicted molar refractivity (Wildman–Crippen MR) is 89.3 cm³/mol. The minimum absolute atomic E-state index is 0.164. The molecule has 7 heteroatoms. The van der Waals surface area contributed by atoms with Crippen LogP contribution in [0.1, 0.15) is 18.9 Å². The summed E-state index contributed by atoms with van der Waals surface area (Å²) in [6, 6.07) is 5.74. The van der Waals surface area contributed by atoms with Gasteiger partial charge in [-0.3, -0.25) is 4.90 Å². The Morgan fingerprint density at radius 2 is 1.79 bits per heavy atom. The predicted octanol–water partition coefficient (Wildman–Crippen LogP) is 1.47. The topological polar surface area (TPSA) is 101 Å². The van der Waals surface area contributed by atoms with Crippen molar-refractivity contribution in [1.82, 2.24) is 4.90 Å². The van der Waals surface area contributed by atoms with Crippen LogP contribution in [0.15, 0.2) is 30.4 Å². The standard InChI is InChI=1S/C13H18N2O.C4H4O4/c1-13-6-7-14(2)12(13)15(3)11-5-4-9(16)8-10(11)13;5-3(6)1-2-4(7)8/h4-5,8,12,16H,6-7H2,1-3H3;1-2H,(H,5,6)(H,7,8)/b;2-1+/t12-,13+;/m1./s1. The summed E-state index contributed by atoms with van der Waals surface area (Å²) in [5.41, 5.74) is 2.72. The maximum Gasteiger partial charge on any atom is 0.328 e. The first kappa shape index (κ1) is 17.8. The number of carboxylic acid groups (broad SMARTS) is 2. The summed E-state index contributed by atoms with van der Waals surface area (Å²) in [6.45, 7) is 3.43. The van der Waals surface area contributed by atoms with Gasteiger partial charge in [-0.25, -0.2) is 9.59 Å². The van der Waals surface area contributed by atoms with Gasteiger partial charge in [0.1, 0.15) is 5.75 Å². The van der Waals surface area contributed by atoms with Crippen molar-refractivity contribution in [3.63, 3.8) is 0 Å². The van der Waals surface area contributed by atoms with Crippen molar-refractivity contribution in [3.05, 3.63) is 35.9 Å². The Bertz CT molecular complexity index is 672. The third kappa shape index (κ3) is 3.21. The molecular weight excluding hydrogens is 312 g/mol. The van der Waals surface area contributed by atoms with Crippen LogP contribution in [0, 0.1) is 0 Å². The van der Waals surface area contributed by atoms with Gasteiger partial charge in [-0.1, -0.05) is 6.92 Å². The van der Waals surface area contributed by atoms with Crippen molar-refractivity contribution < 1.29 is 24.9 Å². The first-order valence-electron chi connectivity index (χ1n) is 7.57. The number of phenols is 1. The molecule has 1 fully saturated rings. The molecule has 0 radical (unpaired) electrons. The summed E-state index contributed by atoms with van der Waals surface area (Å²) in [5, 5.41) is 25.3. The summed E-state index contributed by atoms with van der Waals surface area (Å²) >= 11 is 0. The molecule has 0 spiro atoms. The molecule has 1 aromatic carbocycles. The van der Waals surface area contributed by atoms with Crippen LogP contribution in [-0.2, 0) is 15.0 Å². The molecule has 2 aliphatic rings. The lowest BCUT2D eigenvalue weighted by Crippen LogP contribution is -2.45. The monoisotopic (exact) mass is 334 g/mol. The fourth-order valence-electron chi connectivity index (χ4n) is 3.71. The summed E-state index contributed by atoms with van der Waals surface area (Å²) < 4.78 is 0. The fraction of sp³-hybridized carbons (Fsp3) is 0.412. The average molecular weight is 334 g/mol. The number of carbonyl (C=O) groups is 2. The number of likely N-dealkylation sites (N-methyl/N-ethyl adjacent to an activating group) is 2. The van der Waals surface area contributed by atoms with E-state index in [1.165, 1.54) is 11.3 Å². The van der Waals surface area contributed by atoms with Crippen molar-refractivity contribution in [2.24, 2.45) is 0 Å². The van der Waals surface area contributed by atoms with Gasteiger partial charge in [-0.15, -0.1) is 0 Å². The van der Waals surface area contributed by atoms with Crippen LogP contribution in [0.5, 0.6) is 5.75 Å². The molecule has 0 bridgehead atoms. The number of nitrogens with zero attached hydrogens (tertiary/aromatic N) is 2. The number of rotatable bonds is 2. The number of anilines is 1. The summed E-state index contributed by atoms with van der Waals surface area (Å²) in [7, 11) is 4.33. The van der Waals surface area contributed by atoms with Crippen LogP contribution in [-0.4, -0.2) is 59.0 Å². The number of fused-ring (bicyclic) bond motifs is 3. The quantitative estimate of drug-likeness (QED) is 0.704. The van der Waals surface area contributed by atoms with Gasteiger partial charge in [0.15, 0.2) is 0 Å². The Morgan fingerprint density at radius 3 is 2.33 bits per heavy atom. The van der Waals surface area contributed by atoms with Gasteiger partial charge in [0.2, 0.25) is 0 Å². The average Bonchev–Trinajstić information content (AvgIpc) is 2.92. The number of phenolic OH excluding ortho intramolecular Hbond substituents is 1. The fourth-order valence-corrected chi connectivity index (χ4v) is 3.71. The van der Waals surface area contributed by atoms with Gasteiger partial charge in [-0.2, -0.15) is 0 Å². The second-order valence-electron chi connectivity index (χ2n) is 6.34. The maximum absolute atomic E-state index is 9.65. The van der Waals surface area contributed by atoms with E-state index in [1.807, 2.05) is 12.1 Å². The molecular formula is C17H22N2O5. The summed E-state index contributed by atoms with van der Waals surface area (Å²) in [5.74, 6) is -2.14. The molecule has 2 heterocycles. The molecule has 2 atom stereocenters. The molecule has 3 N–H and O–H groups in total. The van der Waals surface area contributed by atoms with E-state index in [0.29, 0.717) is 24.1 Å². The smallest absolute Gasteiger partial charge is 0.328 e. The van der Waals surface area contributed by atoms with E-state index in [-0.39, 0.29) is 5.41 Å². The molecule has 7 nitrogen and oxygen atoms in total. The molecule has 1 aromatic rings. The van der Waals surface area contributed by atoms with Crippen molar-refractivity contribution in [3.8, 4) is 5.75 Å². The number of aromatic hydroxyl groups is 1. The van der Waals surface area contributed by atoms with Gasteiger partial charge in [0.25, 0.3) is 0 Å². The second-order valence-corrected chi connectivity index (χ2v) is 6.34. The van der Waals surface area contributed by atoms with Gasteiger partial charge < -0.3 is 20.2 Å². The molecule has 1 saturated heterocycles. The Morgan fingerprint density at radius 1 is 1.21 bits per heavy atom. The zero-order valence-corrected chi connectivity index (χ0v) is 13.9. The molecule has 2 aliphatic heterocycles. The molecule has 0 saturated carbocycles. The Hall–Kier alpha value is -2.54. The lowest BCUT2D eigenvalue weighted by Gasteiger charge is -2.32. The van der Waals surface area contributed by atoms with Gasteiger partial charge in [0.05, 0.1) is 6.17 Å². The number of likely N-dealkylation sites (tertiary alicyclic amines) is 1. The third-order valence-electron chi connectivity index (χ3n) is 4.68. The second kappa shape index (κ2) is 6.52. The van der Waals surface area contributed by atoms with Crippen molar-refractivity contribution in [1.29, 1.82) is 0 Å². The zero-order chi connectivity index (χ0) is 18.1. The first-order valence-corrected chi connectivity index (χ1v) is 7.57. The maximum atomic E-state index is 9.65. The van der Waals surface area contributed by atoms with Crippen molar-refractivity contribution >= 4 is 17.6 Å². The zero-order valence-electron chi connectivity index (χ0n) is 13.9. The largest absolute Gasteiger partial charge is 0.508 e. The highest BCUT2D eigenvalue weighted by atomic mass is 16.4. The Labute approximate surface area is 140 Å². The number of carboxylic acids is 2. The van der Waals surface area contributed by atoms with Gasteiger partial charge in [-0.05, 0) is 37.2 Å². The summed E-state index contributed by atoms with van der Waals surface area (Å²) in [4.78, 5) is 23.8. The molecule has 0 aliphatic carbocycles. The highest BCUT2D eigenvalue weighted by Crippen LogP contribution is 2.51.